The molecule has 0 aliphatic carbocycles. The van der Waals surface area contributed by atoms with E-state index in [0.29, 0.717) is 18.0 Å². The molecule has 35 heavy (non-hydrogen) atoms. The van der Waals surface area contributed by atoms with Gasteiger partial charge in [0.05, 0.1) is 18.5 Å². The van der Waals surface area contributed by atoms with Crippen LogP contribution in [-0.2, 0) is 17.8 Å². The van der Waals surface area contributed by atoms with Gasteiger partial charge < -0.3 is 15.0 Å². The molecule has 184 valence electrons. The third kappa shape index (κ3) is 7.24. The van der Waals surface area contributed by atoms with E-state index in [1.165, 1.54) is 6.20 Å². The summed E-state index contributed by atoms with van der Waals surface area (Å²) in [6, 6.07) is 8.92. The summed E-state index contributed by atoms with van der Waals surface area (Å²) < 4.78 is 20.2. The summed E-state index contributed by atoms with van der Waals surface area (Å²) in [5.41, 5.74) is 2.57. The van der Waals surface area contributed by atoms with E-state index in [9.17, 15) is 9.18 Å². The maximum atomic E-state index is 14.6. The van der Waals surface area contributed by atoms with Crippen LogP contribution in [0.2, 0.25) is 0 Å². The van der Waals surface area contributed by atoms with Crippen molar-refractivity contribution in [3.63, 3.8) is 0 Å². The molecule has 3 aromatic rings. The number of likely N-dealkylation sites (N-methyl/N-ethyl adjacent to an activating group) is 1. The number of piperazine rings is 1. The molecule has 10 heteroatoms. The van der Waals surface area contributed by atoms with E-state index in [0.717, 1.165) is 44.0 Å². The van der Waals surface area contributed by atoms with Crippen LogP contribution in [0.3, 0.4) is 0 Å². The highest BCUT2D eigenvalue weighted by Crippen LogP contribution is 2.23. The number of ether oxygens (including phenoxy) is 1. The normalized spacial score (nSPS) is 14.6. The third-order valence-electron chi connectivity index (χ3n) is 5.87. The molecule has 1 aliphatic heterocycles. The van der Waals surface area contributed by atoms with Crippen LogP contribution in [-0.4, -0.2) is 82.0 Å². The van der Waals surface area contributed by atoms with Gasteiger partial charge in [-0.1, -0.05) is 24.3 Å². The lowest BCUT2D eigenvalue weighted by molar-refractivity contribution is -0.120. The van der Waals surface area contributed by atoms with Gasteiger partial charge >= 0.3 is 6.01 Å². The zero-order valence-electron chi connectivity index (χ0n) is 20.1. The maximum Gasteiger partial charge on any atom is 0.319 e. The van der Waals surface area contributed by atoms with Crippen molar-refractivity contribution < 1.29 is 13.9 Å². The van der Waals surface area contributed by atoms with Crippen molar-refractivity contribution in [2.45, 2.75) is 19.9 Å². The first-order valence-electron chi connectivity index (χ1n) is 11.7. The summed E-state index contributed by atoms with van der Waals surface area (Å²) >= 11 is 0. The third-order valence-corrected chi connectivity index (χ3v) is 5.87. The van der Waals surface area contributed by atoms with Gasteiger partial charge in [0, 0.05) is 50.8 Å². The number of carbonyl (C=O) groups excluding carboxylic acids is 1. The average molecular weight is 480 g/mol. The number of amides is 1. The predicted octanol–water partition coefficient (Wildman–Crippen LogP) is 1.87. The minimum Gasteiger partial charge on any atom is -0.462 e. The van der Waals surface area contributed by atoms with Gasteiger partial charge in [0.25, 0.3) is 0 Å². The highest BCUT2D eigenvalue weighted by Gasteiger charge is 2.15. The number of aromatic nitrogens is 4. The van der Waals surface area contributed by atoms with Crippen LogP contribution in [0.25, 0.3) is 11.1 Å². The lowest BCUT2D eigenvalue weighted by Gasteiger charge is -2.31. The van der Waals surface area contributed by atoms with Gasteiger partial charge in [-0.25, -0.2) is 15.0 Å². The molecule has 1 fully saturated rings. The Morgan fingerprint density at radius 1 is 1.09 bits per heavy atom. The lowest BCUT2D eigenvalue weighted by atomic mass is 10.0. The predicted molar refractivity (Wildman–Crippen MR) is 129 cm³/mol. The highest BCUT2D eigenvalue weighted by atomic mass is 19.1. The van der Waals surface area contributed by atoms with Gasteiger partial charge in [-0.2, -0.15) is 9.37 Å². The summed E-state index contributed by atoms with van der Waals surface area (Å²) in [6.07, 6.45) is 3.29. The Balaban J connectivity index is 1.26. The van der Waals surface area contributed by atoms with E-state index in [4.69, 9.17) is 4.74 Å². The second-order valence-electron chi connectivity index (χ2n) is 8.62. The number of aryl methyl sites for hydroxylation is 1. The molecule has 0 bridgehead atoms. The van der Waals surface area contributed by atoms with Gasteiger partial charge in [-0.05, 0) is 31.2 Å². The Hall–Kier alpha value is -3.50. The minimum absolute atomic E-state index is 0.0336. The molecular formula is C25H30FN7O2. The minimum atomic E-state index is -0.641. The fourth-order valence-electron chi connectivity index (χ4n) is 3.76. The molecule has 0 saturated carbocycles. The van der Waals surface area contributed by atoms with Crippen LogP contribution in [0.4, 0.5) is 4.39 Å². The van der Waals surface area contributed by atoms with Crippen LogP contribution < -0.4 is 10.1 Å². The Morgan fingerprint density at radius 3 is 2.57 bits per heavy atom. The molecule has 3 heterocycles. The van der Waals surface area contributed by atoms with E-state index < -0.39 is 5.95 Å². The zero-order valence-corrected chi connectivity index (χ0v) is 20.1. The SMILES string of the molecule is Cc1ccnc(CNC(=O)Cc2ccc(-c3cnc(OCCN4CCN(C)CC4)nc3F)cc2)n1. The standard InChI is InChI=1S/C25H30FN7O2/c1-18-7-8-27-22(30-18)17-28-23(34)15-19-3-5-20(6-4-19)21-16-29-25(31-24(21)26)35-14-13-33-11-9-32(2)10-12-33/h3-8,16H,9-15,17H2,1-2H3,(H,28,34). The second-order valence-corrected chi connectivity index (χ2v) is 8.62. The van der Waals surface area contributed by atoms with Gasteiger partial charge in [0.15, 0.2) is 0 Å². The highest BCUT2D eigenvalue weighted by molar-refractivity contribution is 5.78. The summed E-state index contributed by atoms with van der Waals surface area (Å²) in [5, 5.41) is 2.81. The first-order valence-corrected chi connectivity index (χ1v) is 11.7. The number of hydrogen-bond acceptors (Lipinski definition) is 8. The molecule has 0 unspecified atom stereocenters. The van der Waals surface area contributed by atoms with Gasteiger partial charge in [-0.3, -0.25) is 9.69 Å². The van der Waals surface area contributed by atoms with Gasteiger partial charge in [0.1, 0.15) is 12.4 Å². The molecule has 4 rings (SSSR count). The Bertz CT molecular complexity index is 1130. The van der Waals surface area contributed by atoms with E-state index in [2.05, 4.69) is 42.1 Å². The lowest BCUT2D eigenvalue weighted by Crippen LogP contribution is -2.45. The van der Waals surface area contributed by atoms with Gasteiger partial charge in [-0.15, -0.1) is 0 Å². The van der Waals surface area contributed by atoms with Crippen molar-refractivity contribution in [2.24, 2.45) is 0 Å². The van der Waals surface area contributed by atoms with E-state index in [1.54, 1.807) is 36.5 Å². The van der Waals surface area contributed by atoms with Crippen LogP contribution in [0.15, 0.2) is 42.7 Å². The van der Waals surface area contributed by atoms with Crippen molar-refractivity contribution in [3.05, 3.63) is 65.8 Å². The maximum absolute atomic E-state index is 14.6. The van der Waals surface area contributed by atoms with Crippen molar-refractivity contribution in [1.29, 1.82) is 0 Å². The topological polar surface area (TPSA) is 96.4 Å². The summed E-state index contributed by atoms with van der Waals surface area (Å²) in [7, 11) is 2.11. The van der Waals surface area contributed by atoms with Gasteiger partial charge in [0.2, 0.25) is 11.9 Å². The fraction of sp³-hybridized carbons (Fsp3) is 0.400. The smallest absolute Gasteiger partial charge is 0.319 e. The van der Waals surface area contributed by atoms with Crippen molar-refractivity contribution in [3.8, 4) is 17.1 Å². The molecule has 1 aromatic carbocycles. The number of carbonyl (C=O) groups is 1. The quantitative estimate of drug-likeness (QED) is 0.465. The van der Waals surface area contributed by atoms with Crippen LogP contribution in [0.5, 0.6) is 6.01 Å². The molecule has 2 aromatic heterocycles. The summed E-state index contributed by atoms with van der Waals surface area (Å²) in [4.78, 5) is 33.3. The largest absolute Gasteiger partial charge is 0.462 e. The van der Waals surface area contributed by atoms with E-state index >= 15 is 0 Å². The molecule has 1 saturated heterocycles. The van der Waals surface area contributed by atoms with Crippen LogP contribution in [0, 0.1) is 12.9 Å². The Morgan fingerprint density at radius 2 is 1.86 bits per heavy atom. The zero-order chi connectivity index (χ0) is 24.6. The second kappa shape index (κ2) is 11.8. The number of halogens is 1. The number of benzene rings is 1. The van der Waals surface area contributed by atoms with E-state index in [1.807, 2.05) is 6.92 Å². The molecule has 1 N–H and O–H groups in total. The molecule has 9 nitrogen and oxygen atoms in total. The molecule has 0 atom stereocenters. The molecular weight excluding hydrogens is 449 g/mol. The number of hydrogen-bond donors (Lipinski definition) is 1. The van der Waals surface area contributed by atoms with Crippen LogP contribution >= 0.6 is 0 Å². The Kier molecular flexibility index (Phi) is 8.27. The van der Waals surface area contributed by atoms with Crippen molar-refractivity contribution >= 4 is 5.91 Å². The first kappa shape index (κ1) is 24.6. The fourth-order valence-corrected chi connectivity index (χ4v) is 3.76. The van der Waals surface area contributed by atoms with Crippen LogP contribution in [0.1, 0.15) is 17.1 Å². The molecule has 0 spiro atoms. The number of nitrogens with zero attached hydrogens (tertiary/aromatic N) is 6. The van der Waals surface area contributed by atoms with Crippen molar-refractivity contribution in [1.82, 2.24) is 35.1 Å². The molecule has 1 aliphatic rings. The number of rotatable bonds is 9. The average Bonchev–Trinajstić information content (AvgIpc) is 2.85. The molecule has 1 amide bonds. The first-order chi connectivity index (χ1) is 17.0. The van der Waals surface area contributed by atoms with E-state index in [-0.39, 0.29) is 30.4 Å². The molecule has 0 radical (unpaired) electrons. The van der Waals surface area contributed by atoms with Crippen molar-refractivity contribution in [2.75, 3.05) is 46.4 Å². The monoisotopic (exact) mass is 479 g/mol. The summed E-state index contributed by atoms with van der Waals surface area (Å²) in [5.74, 6) is -0.218. The number of nitrogens with one attached hydrogen (secondary N) is 1. The Labute approximate surface area is 204 Å². The summed E-state index contributed by atoms with van der Waals surface area (Å²) in [6.45, 7) is 7.36.